The summed E-state index contributed by atoms with van der Waals surface area (Å²) in [6.45, 7) is 0.421. The van der Waals surface area contributed by atoms with Gasteiger partial charge in [-0.05, 0) is 24.9 Å². The first kappa shape index (κ1) is 14.6. The third kappa shape index (κ3) is 4.06. The van der Waals surface area contributed by atoms with Crippen molar-refractivity contribution in [3.05, 3.63) is 32.6 Å². The quantitative estimate of drug-likeness (QED) is 0.715. The molecule has 1 heterocycles. The summed E-state index contributed by atoms with van der Waals surface area (Å²) >= 11 is 1.77. The minimum absolute atomic E-state index is 0.404. The van der Waals surface area contributed by atoms with Crippen LogP contribution < -0.4 is 11.2 Å². The van der Waals surface area contributed by atoms with E-state index >= 15 is 0 Å². The van der Waals surface area contributed by atoms with Gasteiger partial charge in [0.05, 0.1) is 0 Å². The summed E-state index contributed by atoms with van der Waals surface area (Å²) in [5.74, 6) is -0.256. The number of hydrogen-bond acceptors (Lipinski definition) is 4. The fourth-order valence-corrected chi connectivity index (χ4v) is 2.03. The topological polar surface area (TPSA) is 92.2 Å². The molecule has 0 amide bonds. The molecule has 0 spiro atoms. The van der Waals surface area contributed by atoms with Crippen molar-refractivity contribution in [1.29, 1.82) is 0 Å². The molecular weight excluding hydrogens is 256 g/mol. The molecule has 18 heavy (non-hydrogen) atoms. The SMILES string of the molecule is CSCCCCCn1cc(C(=O)O)c(=O)[nH]c1=O. The first-order chi connectivity index (χ1) is 8.56. The van der Waals surface area contributed by atoms with Crippen LogP contribution in [-0.4, -0.2) is 32.6 Å². The van der Waals surface area contributed by atoms with Crippen LogP contribution >= 0.6 is 11.8 Å². The highest BCUT2D eigenvalue weighted by Crippen LogP contribution is 2.03. The molecule has 0 unspecified atom stereocenters. The predicted octanol–water partition coefficient (Wildman–Crippen LogP) is 0.768. The minimum Gasteiger partial charge on any atom is -0.477 e. The van der Waals surface area contributed by atoms with Gasteiger partial charge in [0.1, 0.15) is 5.56 Å². The summed E-state index contributed by atoms with van der Waals surface area (Å²) in [6, 6.07) is 0. The maximum atomic E-state index is 11.4. The van der Waals surface area contributed by atoms with E-state index in [9.17, 15) is 14.4 Å². The lowest BCUT2D eigenvalue weighted by Crippen LogP contribution is -2.33. The van der Waals surface area contributed by atoms with Gasteiger partial charge in [0.15, 0.2) is 0 Å². The van der Waals surface area contributed by atoms with E-state index in [0.717, 1.165) is 31.2 Å². The summed E-state index contributed by atoms with van der Waals surface area (Å²) in [5, 5.41) is 8.78. The van der Waals surface area contributed by atoms with E-state index in [4.69, 9.17) is 5.11 Å². The second-order valence-electron chi connectivity index (χ2n) is 3.85. The number of hydrogen-bond donors (Lipinski definition) is 2. The van der Waals surface area contributed by atoms with E-state index in [1.165, 1.54) is 4.57 Å². The van der Waals surface area contributed by atoms with Crippen LogP contribution in [0.15, 0.2) is 15.8 Å². The lowest BCUT2D eigenvalue weighted by Gasteiger charge is -2.05. The maximum Gasteiger partial charge on any atom is 0.342 e. The Morgan fingerprint density at radius 1 is 1.39 bits per heavy atom. The highest BCUT2D eigenvalue weighted by atomic mass is 32.2. The number of carboxylic acids is 1. The second-order valence-corrected chi connectivity index (χ2v) is 4.84. The number of unbranched alkanes of at least 4 members (excludes halogenated alkanes) is 2. The Bertz CT molecular complexity index is 521. The number of aromatic carboxylic acids is 1. The Balaban J connectivity index is 2.71. The summed E-state index contributed by atoms with van der Waals surface area (Å²) in [6.07, 6.45) is 5.95. The van der Waals surface area contributed by atoms with E-state index in [1.807, 2.05) is 11.2 Å². The van der Waals surface area contributed by atoms with Crippen LogP contribution in [0, 0.1) is 0 Å². The molecule has 1 rings (SSSR count). The molecular formula is C11H16N2O4S. The van der Waals surface area contributed by atoms with Gasteiger partial charge in [0.25, 0.3) is 5.56 Å². The number of rotatable bonds is 7. The third-order valence-electron chi connectivity index (χ3n) is 2.49. The van der Waals surface area contributed by atoms with E-state index in [0.29, 0.717) is 6.54 Å². The number of carboxylic acid groups (broad SMARTS) is 1. The lowest BCUT2D eigenvalue weighted by atomic mass is 10.2. The standard InChI is InChI=1S/C11H16N2O4S/c1-18-6-4-2-3-5-13-7-8(10(15)16)9(14)12-11(13)17/h7H,2-6H2,1H3,(H,15,16)(H,12,14,17). The summed E-state index contributed by atoms with van der Waals surface area (Å²) in [4.78, 5) is 35.4. The molecule has 1 aromatic heterocycles. The first-order valence-electron chi connectivity index (χ1n) is 5.62. The molecule has 0 aliphatic rings. The molecule has 1 aromatic rings. The predicted molar refractivity (Wildman–Crippen MR) is 70.5 cm³/mol. The van der Waals surface area contributed by atoms with Crippen molar-refractivity contribution in [1.82, 2.24) is 9.55 Å². The molecule has 0 aliphatic heterocycles. The number of thioether (sulfide) groups is 1. The Labute approximate surface area is 108 Å². The van der Waals surface area contributed by atoms with Crippen molar-refractivity contribution >= 4 is 17.7 Å². The van der Waals surface area contributed by atoms with Crippen LogP contribution in [0.5, 0.6) is 0 Å². The van der Waals surface area contributed by atoms with Crippen molar-refractivity contribution in [2.75, 3.05) is 12.0 Å². The van der Waals surface area contributed by atoms with E-state index in [2.05, 4.69) is 0 Å². The molecule has 0 radical (unpaired) electrons. The number of nitrogens with zero attached hydrogens (tertiary/aromatic N) is 1. The highest BCUT2D eigenvalue weighted by molar-refractivity contribution is 7.98. The molecule has 0 fully saturated rings. The molecule has 0 aromatic carbocycles. The number of aromatic amines is 1. The maximum absolute atomic E-state index is 11.4. The molecule has 6 nitrogen and oxygen atoms in total. The molecule has 0 aliphatic carbocycles. The van der Waals surface area contributed by atoms with Crippen LogP contribution in [0.1, 0.15) is 29.6 Å². The van der Waals surface area contributed by atoms with Crippen LogP contribution in [0.2, 0.25) is 0 Å². The molecule has 0 saturated carbocycles. The number of carbonyl (C=O) groups is 1. The minimum atomic E-state index is -1.33. The zero-order chi connectivity index (χ0) is 13.5. The van der Waals surface area contributed by atoms with Gasteiger partial charge >= 0.3 is 11.7 Å². The van der Waals surface area contributed by atoms with Gasteiger partial charge in [-0.2, -0.15) is 11.8 Å². The van der Waals surface area contributed by atoms with Crippen LogP contribution in [-0.2, 0) is 6.54 Å². The molecule has 0 atom stereocenters. The monoisotopic (exact) mass is 272 g/mol. The first-order valence-corrected chi connectivity index (χ1v) is 7.01. The molecule has 7 heteroatoms. The van der Waals surface area contributed by atoms with E-state index in [-0.39, 0.29) is 0 Å². The summed E-state index contributed by atoms with van der Waals surface area (Å²) in [5.41, 5.74) is -1.82. The van der Waals surface area contributed by atoms with Gasteiger partial charge in [-0.1, -0.05) is 6.42 Å². The Morgan fingerprint density at radius 3 is 2.72 bits per heavy atom. The molecule has 0 saturated heterocycles. The Hall–Kier alpha value is -1.50. The summed E-state index contributed by atoms with van der Waals surface area (Å²) in [7, 11) is 0. The van der Waals surface area contributed by atoms with Crippen molar-refractivity contribution in [3.63, 3.8) is 0 Å². The van der Waals surface area contributed by atoms with Crippen LogP contribution in [0.3, 0.4) is 0 Å². The van der Waals surface area contributed by atoms with E-state index in [1.54, 1.807) is 11.8 Å². The summed E-state index contributed by atoms with van der Waals surface area (Å²) < 4.78 is 1.24. The van der Waals surface area contributed by atoms with Gasteiger partial charge in [0, 0.05) is 12.7 Å². The van der Waals surface area contributed by atoms with E-state index < -0.39 is 22.8 Å². The lowest BCUT2D eigenvalue weighted by molar-refractivity contribution is 0.0693. The average molecular weight is 272 g/mol. The zero-order valence-corrected chi connectivity index (χ0v) is 11.0. The fraction of sp³-hybridized carbons (Fsp3) is 0.545. The molecule has 2 N–H and O–H groups in total. The molecule has 0 bridgehead atoms. The number of H-pyrrole nitrogens is 1. The van der Waals surface area contributed by atoms with Crippen molar-refractivity contribution in [3.8, 4) is 0 Å². The van der Waals surface area contributed by atoms with Crippen molar-refractivity contribution in [2.45, 2.75) is 25.8 Å². The highest BCUT2D eigenvalue weighted by Gasteiger charge is 2.10. The second kappa shape index (κ2) is 7.05. The van der Waals surface area contributed by atoms with Crippen molar-refractivity contribution in [2.24, 2.45) is 0 Å². The number of nitrogens with one attached hydrogen (secondary N) is 1. The van der Waals surface area contributed by atoms with Gasteiger partial charge in [-0.25, -0.2) is 9.59 Å². The number of aromatic nitrogens is 2. The van der Waals surface area contributed by atoms with Crippen molar-refractivity contribution < 1.29 is 9.90 Å². The van der Waals surface area contributed by atoms with Gasteiger partial charge < -0.3 is 5.11 Å². The largest absolute Gasteiger partial charge is 0.477 e. The number of aryl methyl sites for hydroxylation is 1. The smallest absolute Gasteiger partial charge is 0.342 e. The van der Waals surface area contributed by atoms with Gasteiger partial charge in [-0.3, -0.25) is 14.3 Å². The van der Waals surface area contributed by atoms with Gasteiger partial charge in [-0.15, -0.1) is 0 Å². The fourth-order valence-electron chi connectivity index (χ4n) is 1.53. The van der Waals surface area contributed by atoms with Crippen LogP contribution in [0.4, 0.5) is 0 Å². The van der Waals surface area contributed by atoms with Crippen LogP contribution in [0.25, 0.3) is 0 Å². The Kier molecular flexibility index (Phi) is 5.70. The van der Waals surface area contributed by atoms with Gasteiger partial charge in [0.2, 0.25) is 0 Å². The zero-order valence-electron chi connectivity index (χ0n) is 10.1. The normalized spacial score (nSPS) is 10.5. The third-order valence-corrected chi connectivity index (χ3v) is 3.19. The average Bonchev–Trinajstić information content (AvgIpc) is 2.30. The Morgan fingerprint density at radius 2 is 2.11 bits per heavy atom. The molecule has 100 valence electrons.